The van der Waals surface area contributed by atoms with Gasteiger partial charge in [-0.05, 0) is 6.42 Å². The highest BCUT2D eigenvalue weighted by Crippen LogP contribution is 2.20. The maximum Gasteiger partial charge on any atom is 0.225 e. The molecule has 0 saturated carbocycles. The van der Waals surface area contributed by atoms with Gasteiger partial charge in [-0.3, -0.25) is 4.79 Å². The van der Waals surface area contributed by atoms with Gasteiger partial charge < -0.3 is 4.90 Å². The van der Waals surface area contributed by atoms with E-state index >= 15 is 0 Å². The second kappa shape index (κ2) is 6.52. The third kappa shape index (κ3) is 3.52. The predicted molar refractivity (Wildman–Crippen MR) is 63.6 cm³/mol. The van der Waals surface area contributed by atoms with Crippen LogP contribution in [-0.4, -0.2) is 23.9 Å². The van der Waals surface area contributed by atoms with Crippen LogP contribution < -0.4 is 0 Å². The molecule has 3 heteroatoms. The Morgan fingerprint density at radius 2 is 2.12 bits per heavy atom. The van der Waals surface area contributed by atoms with E-state index in [1.54, 1.807) is 0 Å². The molecule has 0 bridgehead atoms. The Balaban J connectivity index is 2.14. The summed E-state index contributed by atoms with van der Waals surface area (Å²) in [7, 11) is 0. The lowest BCUT2D eigenvalue weighted by atomic mass is 9.96. The van der Waals surface area contributed by atoms with Crippen molar-refractivity contribution in [2.45, 2.75) is 46.0 Å². The summed E-state index contributed by atoms with van der Waals surface area (Å²) >= 11 is 0. The average Bonchev–Trinajstić information content (AvgIpc) is 2.22. The van der Waals surface area contributed by atoms with Gasteiger partial charge in [0.25, 0.3) is 0 Å². The van der Waals surface area contributed by atoms with Crippen molar-refractivity contribution < 1.29 is 4.79 Å². The van der Waals surface area contributed by atoms with Crippen molar-refractivity contribution in [3.63, 3.8) is 0 Å². The molecule has 1 atom stereocenters. The van der Waals surface area contributed by atoms with Crippen molar-refractivity contribution in [1.29, 1.82) is 5.26 Å². The fourth-order valence-electron chi connectivity index (χ4n) is 2.05. The van der Waals surface area contributed by atoms with Crippen LogP contribution in [0.4, 0.5) is 0 Å². The molecule has 1 rings (SSSR count). The second-order valence-corrected chi connectivity index (χ2v) is 4.82. The molecule has 1 amide bonds. The van der Waals surface area contributed by atoms with Gasteiger partial charge in [0.15, 0.2) is 0 Å². The molecule has 3 nitrogen and oxygen atoms in total. The Morgan fingerprint density at radius 3 is 2.69 bits per heavy atom. The smallest absolute Gasteiger partial charge is 0.225 e. The molecule has 1 saturated heterocycles. The van der Waals surface area contributed by atoms with E-state index in [1.807, 2.05) is 11.8 Å². The van der Waals surface area contributed by atoms with Crippen LogP contribution in [0.3, 0.4) is 0 Å². The van der Waals surface area contributed by atoms with Crippen LogP contribution in [0.2, 0.25) is 0 Å². The summed E-state index contributed by atoms with van der Waals surface area (Å²) in [6, 6.07) is 2.19. The number of amides is 1. The van der Waals surface area contributed by atoms with E-state index in [0.717, 1.165) is 12.8 Å². The number of nitrogens with zero attached hydrogens (tertiary/aromatic N) is 2. The van der Waals surface area contributed by atoms with Crippen LogP contribution in [0, 0.1) is 23.2 Å². The second-order valence-electron chi connectivity index (χ2n) is 4.82. The summed E-state index contributed by atoms with van der Waals surface area (Å²) < 4.78 is 0. The molecule has 1 unspecified atom stereocenters. The van der Waals surface area contributed by atoms with Crippen LogP contribution in [0.25, 0.3) is 0 Å². The van der Waals surface area contributed by atoms with E-state index in [4.69, 9.17) is 5.26 Å². The molecule has 16 heavy (non-hydrogen) atoms. The van der Waals surface area contributed by atoms with Gasteiger partial charge in [0.2, 0.25) is 5.91 Å². The maximum atomic E-state index is 11.9. The Bertz CT molecular complexity index is 264. The Hall–Kier alpha value is -1.04. The van der Waals surface area contributed by atoms with Crippen molar-refractivity contribution in [2.24, 2.45) is 11.8 Å². The van der Waals surface area contributed by atoms with Crippen molar-refractivity contribution >= 4 is 5.91 Å². The van der Waals surface area contributed by atoms with Gasteiger partial charge in [-0.1, -0.05) is 39.5 Å². The molecule has 0 aliphatic carbocycles. The molecule has 1 aliphatic rings. The number of rotatable bonds is 6. The molecule has 1 fully saturated rings. The van der Waals surface area contributed by atoms with Gasteiger partial charge >= 0.3 is 0 Å². The zero-order valence-electron chi connectivity index (χ0n) is 10.4. The van der Waals surface area contributed by atoms with Crippen molar-refractivity contribution in [3.05, 3.63) is 0 Å². The van der Waals surface area contributed by atoms with Gasteiger partial charge in [-0.15, -0.1) is 0 Å². The summed E-state index contributed by atoms with van der Waals surface area (Å²) in [5, 5.41) is 8.64. The minimum atomic E-state index is 0.0799. The molecule has 90 valence electrons. The number of carbonyl (C=O) groups is 1. The standard InChI is InChI=1S/C13H22N2O/c1-3-4-5-6-7-11(2)13(16)15-9-12(8-14)10-15/h11-12H,3-7,9-10H2,1-2H3. The molecule has 0 aromatic heterocycles. The van der Waals surface area contributed by atoms with Gasteiger partial charge in [-0.25, -0.2) is 0 Å². The molecule has 0 N–H and O–H groups in total. The molecule has 0 aromatic rings. The third-order valence-corrected chi connectivity index (χ3v) is 3.29. The zero-order valence-corrected chi connectivity index (χ0v) is 10.4. The first-order valence-corrected chi connectivity index (χ1v) is 6.37. The highest BCUT2D eigenvalue weighted by Gasteiger charge is 2.32. The SMILES string of the molecule is CCCCCCC(C)C(=O)N1CC(C#N)C1. The van der Waals surface area contributed by atoms with Crippen LogP contribution in [0.5, 0.6) is 0 Å². The highest BCUT2D eigenvalue weighted by atomic mass is 16.2. The van der Waals surface area contributed by atoms with Crippen LogP contribution >= 0.6 is 0 Å². The molecular weight excluding hydrogens is 200 g/mol. The van der Waals surface area contributed by atoms with E-state index in [2.05, 4.69) is 13.0 Å². The quantitative estimate of drug-likeness (QED) is 0.648. The topological polar surface area (TPSA) is 44.1 Å². The number of nitriles is 1. The predicted octanol–water partition coefficient (Wildman–Crippen LogP) is 2.57. The summed E-state index contributed by atoms with van der Waals surface area (Å²) in [5.74, 6) is 0.454. The molecule has 0 spiro atoms. The fourth-order valence-corrected chi connectivity index (χ4v) is 2.05. The third-order valence-electron chi connectivity index (χ3n) is 3.29. The number of hydrogen-bond acceptors (Lipinski definition) is 2. The average molecular weight is 222 g/mol. The number of hydrogen-bond donors (Lipinski definition) is 0. The number of unbranched alkanes of at least 4 members (excludes halogenated alkanes) is 3. The van der Waals surface area contributed by atoms with Gasteiger partial charge in [0.1, 0.15) is 0 Å². The van der Waals surface area contributed by atoms with Crippen LogP contribution in [0.15, 0.2) is 0 Å². The normalized spacial score (nSPS) is 17.7. The molecule has 1 heterocycles. The number of likely N-dealkylation sites (tertiary alicyclic amines) is 1. The molecular formula is C13H22N2O. The molecule has 1 aliphatic heterocycles. The van der Waals surface area contributed by atoms with Crippen molar-refractivity contribution in [1.82, 2.24) is 4.90 Å². The van der Waals surface area contributed by atoms with Crippen LogP contribution in [-0.2, 0) is 4.79 Å². The van der Waals surface area contributed by atoms with E-state index in [-0.39, 0.29) is 17.7 Å². The summed E-state index contributed by atoms with van der Waals surface area (Å²) in [6.45, 7) is 5.49. The summed E-state index contributed by atoms with van der Waals surface area (Å²) in [5.41, 5.74) is 0. The fraction of sp³-hybridized carbons (Fsp3) is 0.846. The minimum absolute atomic E-state index is 0.0799. The maximum absolute atomic E-state index is 11.9. The Labute approximate surface area is 98.4 Å². The van der Waals surface area contributed by atoms with E-state index in [0.29, 0.717) is 13.1 Å². The first kappa shape index (κ1) is 13.0. The highest BCUT2D eigenvalue weighted by molar-refractivity contribution is 5.79. The number of carbonyl (C=O) groups excluding carboxylic acids is 1. The summed E-state index contributed by atoms with van der Waals surface area (Å²) in [4.78, 5) is 13.7. The van der Waals surface area contributed by atoms with E-state index in [9.17, 15) is 4.79 Å². The van der Waals surface area contributed by atoms with E-state index in [1.165, 1.54) is 19.3 Å². The van der Waals surface area contributed by atoms with Gasteiger partial charge in [-0.2, -0.15) is 5.26 Å². The largest absolute Gasteiger partial charge is 0.340 e. The van der Waals surface area contributed by atoms with E-state index < -0.39 is 0 Å². The van der Waals surface area contributed by atoms with Crippen LogP contribution in [0.1, 0.15) is 46.0 Å². The lowest BCUT2D eigenvalue weighted by Gasteiger charge is -2.37. The Morgan fingerprint density at radius 1 is 1.44 bits per heavy atom. The zero-order chi connectivity index (χ0) is 12.0. The first-order valence-electron chi connectivity index (χ1n) is 6.37. The monoisotopic (exact) mass is 222 g/mol. The minimum Gasteiger partial charge on any atom is -0.340 e. The lowest BCUT2D eigenvalue weighted by Crippen LogP contribution is -2.51. The Kier molecular flexibility index (Phi) is 5.31. The summed E-state index contributed by atoms with van der Waals surface area (Å²) in [6.07, 6.45) is 5.87. The van der Waals surface area contributed by atoms with Gasteiger partial charge in [0.05, 0.1) is 12.0 Å². The first-order chi connectivity index (χ1) is 7.69. The molecule has 0 aromatic carbocycles. The van der Waals surface area contributed by atoms with Crippen molar-refractivity contribution in [3.8, 4) is 6.07 Å². The lowest BCUT2D eigenvalue weighted by molar-refractivity contribution is -0.140. The van der Waals surface area contributed by atoms with Crippen molar-refractivity contribution in [2.75, 3.05) is 13.1 Å². The molecule has 0 radical (unpaired) electrons. The van der Waals surface area contributed by atoms with Gasteiger partial charge in [0, 0.05) is 19.0 Å².